The van der Waals surface area contributed by atoms with Crippen molar-refractivity contribution in [1.29, 1.82) is 0 Å². The number of amides is 1. The molecule has 35 heavy (non-hydrogen) atoms. The Bertz CT molecular complexity index is 1380. The van der Waals surface area contributed by atoms with E-state index in [-0.39, 0.29) is 22.9 Å². The number of nitrogens with zero attached hydrogens (tertiary/aromatic N) is 1. The van der Waals surface area contributed by atoms with Crippen LogP contribution in [0.1, 0.15) is 42.4 Å². The van der Waals surface area contributed by atoms with Crippen LogP contribution in [0.25, 0.3) is 10.9 Å². The van der Waals surface area contributed by atoms with E-state index in [0.717, 1.165) is 5.56 Å². The smallest absolute Gasteiger partial charge is 0.412 e. The van der Waals surface area contributed by atoms with E-state index in [4.69, 9.17) is 21.1 Å². The molecule has 6 nitrogen and oxygen atoms in total. The van der Waals surface area contributed by atoms with Gasteiger partial charge in [0, 0.05) is 10.9 Å². The van der Waals surface area contributed by atoms with E-state index in [0.29, 0.717) is 22.3 Å². The van der Waals surface area contributed by atoms with Crippen LogP contribution in [0.3, 0.4) is 0 Å². The Morgan fingerprint density at radius 1 is 0.914 bits per heavy atom. The number of benzene rings is 3. The van der Waals surface area contributed by atoms with Gasteiger partial charge in [-0.1, -0.05) is 66.2 Å². The SMILES string of the molecule is CC(C)(C)OC(=O)Nc1ccccc1C(=O)c1nc2ccccc2c(OCc2ccccc2)c1Cl. The van der Waals surface area contributed by atoms with Crippen LogP contribution in [-0.4, -0.2) is 22.5 Å². The number of para-hydroxylation sites is 2. The highest BCUT2D eigenvalue weighted by Crippen LogP contribution is 2.37. The Morgan fingerprint density at radius 3 is 2.31 bits per heavy atom. The maximum absolute atomic E-state index is 13.6. The Balaban J connectivity index is 1.72. The molecule has 0 aliphatic heterocycles. The summed E-state index contributed by atoms with van der Waals surface area (Å²) in [5.41, 5.74) is 1.41. The summed E-state index contributed by atoms with van der Waals surface area (Å²) in [4.78, 5) is 30.5. The number of carbonyl (C=O) groups is 2. The highest BCUT2D eigenvalue weighted by molar-refractivity contribution is 6.37. The van der Waals surface area contributed by atoms with E-state index in [1.54, 1.807) is 51.1 Å². The van der Waals surface area contributed by atoms with Gasteiger partial charge in [0.15, 0.2) is 0 Å². The van der Waals surface area contributed by atoms with Crippen LogP contribution in [0, 0.1) is 0 Å². The van der Waals surface area contributed by atoms with E-state index in [9.17, 15) is 9.59 Å². The molecule has 1 heterocycles. The van der Waals surface area contributed by atoms with Crippen LogP contribution >= 0.6 is 11.6 Å². The first-order valence-corrected chi connectivity index (χ1v) is 11.5. The molecule has 4 aromatic rings. The largest absolute Gasteiger partial charge is 0.487 e. The fourth-order valence-corrected chi connectivity index (χ4v) is 3.80. The normalized spacial score (nSPS) is 11.2. The molecule has 1 aromatic heterocycles. The highest BCUT2D eigenvalue weighted by atomic mass is 35.5. The first-order chi connectivity index (χ1) is 16.7. The molecular weight excluding hydrogens is 464 g/mol. The standard InChI is InChI=1S/C28H25ClN2O4/c1-28(2,3)35-27(33)31-21-15-9-7-13-19(21)25(32)24-23(29)26(20-14-8-10-16-22(20)30-24)34-17-18-11-5-4-6-12-18/h4-16H,17H2,1-3H3,(H,31,33). The molecule has 1 N–H and O–H groups in total. The molecule has 3 aromatic carbocycles. The minimum atomic E-state index is -0.683. The van der Waals surface area contributed by atoms with Crippen molar-refractivity contribution in [2.24, 2.45) is 0 Å². The molecule has 1 amide bonds. The van der Waals surface area contributed by atoms with E-state index in [1.165, 1.54) is 0 Å². The third-order valence-electron chi connectivity index (χ3n) is 5.04. The number of pyridine rings is 1. The zero-order chi connectivity index (χ0) is 25.0. The number of rotatable bonds is 6. The summed E-state index contributed by atoms with van der Waals surface area (Å²) in [6.45, 7) is 5.57. The predicted molar refractivity (Wildman–Crippen MR) is 137 cm³/mol. The molecule has 0 saturated heterocycles. The van der Waals surface area contributed by atoms with Crippen LogP contribution in [-0.2, 0) is 11.3 Å². The predicted octanol–water partition coefficient (Wildman–Crippen LogP) is 7.05. The average Bonchev–Trinajstić information content (AvgIpc) is 2.82. The Kier molecular flexibility index (Phi) is 7.03. The summed E-state index contributed by atoms with van der Waals surface area (Å²) < 4.78 is 11.4. The van der Waals surface area contributed by atoms with E-state index >= 15 is 0 Å². The van der Waals surface area contributed by atoms with E-state index < -0.39 is 17.5 Å². The third-order valence-corrected chi connectivity index (χ3v) is 5.39. The van der Waals surface area contributed by atoms with Crippen LogP contribution in [0.4, 0.5) is 10.5 Å². The highest BCUT2D eigenvalue weighted by Gasteiger charge is 2.24. The first kappa shape index (κ1) is 24.2. The van der Waals surface area contributed by atoms with Gasteiger partial charge in [0.25, 0.3) is 0 Å². The van der Waals surface area contributed by atoms with Crippen LogP contribution < -0.4 is 10.1 Å². The van der Waals surface area contributed by atoms with Crippen LogP contribution in [0.15, 0.2) is 78.9 Å². The summed E-state index contributed by atoms with van der Waals surface area (Å²) in [5, 5.41) is 3.46. The van der Waals surface area contributed by atoms with E-state index in [2.05, 4.69) is 10.3 Å². The number of nitrogens with one attached hydrogen (secondary N) is 1. The molecule has 4 rings (SSSR count). The lowest BCUT2D eigenvalue weighted by Crippen LogP contribution is -2.27. The molecule has 0 aliphatic rings. The van der Waals surface area contributed by atoms with E-state index in [1.807, 2.05) is 48.5 Å². The van der Waals surface area contributed by atoms with Gasteiger partial charge < -0.3 is 9.47 Å². The monoisotopic (exact) mass is 488 g/mol. The molecule has 0 atom stereocenters. The minimum Gasteiger partial charge on any atom is -0.487 e. The van der Waals surface area contributed by atoms with Crippen LogP contribution in [0.5, 0.6) is 5.75 Å². The molecule has 0 unspecified atom stereocenters. The lowest BCUT2D eigenvalue weighted by atomic mass is 10.0. The zero-order valence-corrected chi connectivity index (χ0v) is 20.4. The number of carbonyl (C=O) groups excluding carboxylic acids is 2. The molecule has 178 valence electrons. The fourth-order valence-electron chi connectivity index (χ4n) is 3.51. The molecule has 0 saturated carbocycles. The topological polar surface area (TPSA) is 77.5 Å². The number of hydrogen-bond acceptors (Lipinski definition) is 5. The van der Waals surface area contributed by atoms with Crippen molar-refractivity contribution in [3.05, 3.63) is 101 Å². The lowest BCUT2D eigenvalue weighted by Gasteiger charge is -2.20. The van der Waals surface area contributed by atoms with Crippen molar-refractivity contribution in [3.8, 4) is 5.75 Å². The van der Waals surface area contributed by atoms with Crippen molar-refractivity contribution in [2.75, 3.05) is 5.32 Å². The number of ether oxygens (including phenoxy) is 2. The van der Waals surface area contributed by atoms with Gasteiger partial charge in [0.2, 0.25) is 5.78 Å². The minimum absolute atomic E-state index is 0.0341. The van der Waals surface area contributed by atoms with Crippen LogP contribution in [0.2, 0.25) is 5.02 Å². The molecular formula is C28H25ClN2O4. The summed E-state index contributed by atoms with van der Waals surface area (Å²) in [5.74, 6) is -0.0703. The summed E-state index contributed by atoms with van der Waals surface area (Å²) >= 11 is 6.72. The van der Waals surface area contributed by atoms with Crippen molar-refractivity contribution in [1.82, 2.24) is 4.98 Å². The number of ketones is 1. The van der Waals surface area contributed by atoms with Crippen molar-refractivity contribution < 1.29 is 19.1 Å². The van der Waals surface area contributed by atoms with Gasteiger partial charge in [-0.05, 0) is 50.6 Å². The second-order valence-electron chi connectivity index (χ2n) is 8.90. The second kappa shape index (κ2) is 10.2. The van der Waals surface area contributed by atoms with Gasteiger partial charge in [0.1, 0.15) is 28.7 Å². The maximum atomic E-state index is 13.6. The lowest BCUT2D eigenvalue weighted by molar-refractivity contribution is 0.0636. The Hall–Kier alpha value is -3.90. The average molecular weight is 489 g/mol. The second-order valence-corrected chi connectivity index (χ2v) is 9.27. The number of anilines is 1. The number of hydrogen-bond donors (Lipinski definition) is 1. The third kappa shape index (κ3) is 5.78. The Labute approximate surface area is 208 Å². The summed E-state index contributed by atoms with van der Waals surface area (Å²) in [7, 11) is 0. The first-order valence-electron chi connectivity index (χ1n) is 11.1. The maximum Gasteiger partial charge on any atom is 0.412 e. The van der Waals surface area contributed by atoms with Gasteiger partial charge in [0.05, 0.1) is 11.2 Å². The molecule has 0 aliphatic carbocycles. The fraction of sp³-hybridized carbons (Fsp3) is 0.179. The number of halogens is 1. The van der Waals surface area contributed by atoms with Gasteiger partial charge in [-0.25, -0.2) is 9.78 Å². The van der Waals surface area contributed by atoms with Crippen molar-refractivity contribution in [3.63, 3.8) is 0 Å². The number of aromatic nitrogens is 1. The summed E-state index contributed by atoms with van der Waals surface area (Å²) in [6, 6.07) is 23.6. The number of fused-ring (bicyclic) bond motifs is 1. The van der Waals surface area contributed by atoms with Crippen molar-refractivity contribution in [2.45, 2.75) is 33.0 Å². The van der Waals surface area contributed by atoms with Crippen molar-refractivity contribution >= 4 is 40.1 Å². The van der Waals surface area contributed by atoms with Gasteiger partial charge in [-0.3, -0.25) is 10.1 Å². The van der Waals surface area contributed by atoms with Gasteiger partial charge in [-0.15, -0.1) is 0 Å². The zero-order valence-electron chi connectivity index (χ0n) is 19.7. The molecule has 0 bridgehead atoms. The molecule has 0 radical (unpaired) electrons. The van der Waals surface area contributed by atoms with Gasteiger partial charge >= 0.3 is 6.09 Å². The molecule has 0 spiro atoms. The summed E-state index contributed by atoms with van der Waals surface area (Å²) in [6.07, 6.45) is -0.665. The molecule has 7 heteroatoms. The molecule has 0 fully saturated rings. The quantitative estimate of drug-likeness (QED) is 0.294. The Morgan fingerprint density at radius 2 is 1.57 bits per heavy atom. The van der Waals surface area contributed by atoms with Gasteiger partial charge in [-0.2, -0.15) is 0 Å².